The van der Waals surface area contributed by atoms with Crippen LogP contribution in [-0.2, 0) is 4.79 Å². The van der Waals surface area contributed by atoms with Crippen molar-refractivity contribution in [3.63, 3.8) is 0 Å². The van der Waals surface area contributed by atoms with Crippen LogP contribution in [0.5, 0.6) is 5.75 Å². The Balaban J connectivity index is 1.93. The predicted molar refractivity (Wildman–Crippen MR) is 100 cm³/mol. The highest BCUT2D eigenvalue weighted by Crippen LogP contribution is 2.26. The number of carbonyl (C=O) groups excluding carboxylic acids is 1. The van der Waals surface area contributed by atoms with E-state index in [1.807, 2.05) is 31.2 Å². The number of nitrogens with one attached hydrogen (secondary N) is 1. The first kappa shape index (κ1) is 16.5. The Morgan fingerprint density at radius 2 is 1.92 bits per heavy atom. The minimum atomic E-state index is -0.214. The fourth-order valence-corrected chi connectivity index (χ4v) is 2.83. The molecule has 0 radical (unpaired) electrons. The van der Waals surface area contributed by atoms with E-state index in [1.54, 1.807) is 30.3 Å². The van der Waals surface area contributed by atoms with Crippen LogP contribution < -0.4 is 15.0 Å². The largest absolute Gasteiger partial charge is 0.493 e. The van der Waals surface area contributed by atoms with Crippen molar-refractivity contribution in [2.45, 2.75) is 6.92 Å². The van der Waals surface area contributed by atoms with Crippen molar-refractivity contribution in [1.29, 1.82) is 0 Å². The standard InChI is InChI=1S/C18H15ClN2O2S/c1-2-23-16-6-4-3-5-12(16)11-15-17(22)21(18(24)20-15)14-9-7-13(19)8-10-14/h3-11H,2H2,1H3,(H,20,24)/b15-11+. The number of amides is 1. The van der Waals surface area contributed by atoms with E-state index in [0.29, 0.717) is 28.1 Å². The van der Waals surface area contributed by atoms with E-state index in [0.717, 1.165) is 11.3 Å². The fourth-order valence-electron chi connectivity index (χ4n) is 2.40. The third-order valence-electron chi connectivity index (χ3n) is 3.48. The number of nitrogens with zero attached hydrogens (tertiary/aromatic N) is 1. The van der Waals surface area contributed by atoms with E-state index in [2.05, 4.69) is 5.32 Å². The highest BCUT2D eigenvalue weighted by molar-refractivity contribution is 7.80. The lowest BCUT2D eigenvalue weighted by Crippen LogP contribution is -2.30. The van der Waals surface area contributed by atoms with E-state index < -0.39 is 0 Å². The molecule has 0 atom stereocenters. The van der Waals surface area contributed by atoms with Gasteiger partial charge in [0.2, 0.25) is 0 Å². The zero-order valence-corrected chi connectivity index (χ0v) is 14.5. The number of anilines is 1. The van der Waals surface area contributed by atoms with Gasteiger partial charge >= 0.3 is 0 Å². The molecular weight excluding hydrogens is 344 g/mol. The van der Waals surface area contributed by atoms with E-state index in [-0.39, 0.29) is 5.91 Å². The normalized spacial score (nSPS) is 15.8. The van der Waals surface area contributed by atoms with Crippen molar-refractivity contribution in [2.24, 2.45) is 0 Å². The molecule has 1 saturated heterocycles. The Kier molecular flexibility index (Phi) is 4.83. The topological polar surface area (TPSA) is 41.6 Å². The van der Waals surface area contributed by atoms with Gasteiger partial charge in [0.25, 0.3) is 5.91 Å². The highest BCUT2D eigenvalue weighted by Gasteiger charge is 2.32. The average Bonchev–Trinajstić information content (AvgIpc) is 2.85. The van der Waals surface area contributed by atoms with Crippen molar-refractivity contribution in [3.05, 3.63) is 64.8 Å². The minimum absolute atomic E-state index is 0.214. The quantitative estimate of drug-likeness (QED) is 0.662. The summed E-state index contributed by atoms with van der Waals surface area (Å²) in [7, 11) is 0. The molecular formula is C18H15ClN2O2S. The third kappa shape index (κ3) is 3.27. The van der Waals surface area contributed by atoms with Crippen molar-refractivity contribution >= 4 is 46.6 Å². The molecule has 6 heteroatoms. The van der Waals surface area contributed by atoms with Crippen molar-refractivity contribution in [3.8, 4) is 5.75 Å². The first-order valence-electron chi connectivity index (χ1n) is 7.44. The van der Waals surface area contributed by atoms with Crippen LogP contribution in [0.4, 0.5) is 5.69 Å². The van der Waals surface area contributed by atoms with Crippen LogP contribution in [-0.4, -0.2) is 17.6 Å². The number of halogens is 1. The Morgan fingerprint density at radius 1 is 1.21 bits per heavy atom. The summed E-state index contributed by atoms with van der Waals surface area (Å²) in [5.41, 5.74) is 1.89. The first-order valence-corrected chi connectivity index (χ1v) is 8.23. The second-order valence-corrected chi connectivity index (χ2v) is 5.90. The minimum Gasteiger partial charge on any atom is -0.493 e. The van der Waals surface area contributed by atoms with Gasteiger partial charge < -0.3 is 10.1 Å². The summed E-state index contributed by atoms with van der Waals surface area (Å²) in [6, 6.07) is 14.5. The smallest absolute Gasteiger partial charge is 0.281 e. The molecule has 1 heterocycles. The molecule has 0 spiro atoms. The number of benzene rings is 2. The molecule has 2 aromatic carbocycles. The van der Waals surface area contributed by atoms with Crippen LogP contribution in [0.1, 0.15) is 12.5 Å². The van der Waals surface area contributed by atoms with Crippen LogP contribution in [0.25, 0.3) is 6.08 Å². The maximum Gasteiger partial charge on any atom is 0.281 e. The van der Waals surface area contributed by atoms with E-state index in [4.69, 9.17) is 28.6 Å². The molecule has 0 bridgehead atoms. The fraction of sp³-hybridized carbons (Fsp3) is 0.111. The molecule has 0 saturated carbocycles. The first-order chi connectivity index (χ1) is 11.6. The van der Waals surface area contributed by atoms with Gasteiger partial charge in [-0.3, -0.25) is 9.69 Å². The zero-order valence-electron chi connectivity index (χ0n) is 13.0. The van der Waals surface area contributed by atoms with Gasteiger partial charge in [0.05, 0.1) is 12.3 Å². The van der Waals surface area contributed by atoms with Crippen LogP contribution in [0.15, 0.2) is 54.2 Å². The lowest BCUT2D eigenvalue weighted by atomic mass is 10.1. The lowest BCUT2D eigenvalue weighted by molar-refractivity contribution is -0.113. The Hall–Kier alpha value is -2.37. The highest BCUT2D eigenvalue weighted by atomic mass is 35.5. The van der Waals surface area contributed by atoms with Gasteiger partial charge in [-0.1, -0.05) is 29.8 Å². The summed E-state index contributed by atoms with van der Waals surface area (Å²) in [4.78, 5) is 14.2. The molecule has 0 aliphatic carbocycles. The molecule has 2 aromatic rings. The monoisotopic (exact) mass is 358 g/mol. The summed E-state index contributed by atoms with van der Waals surface area (Å²) in [6.45, 7) is 2.47. The second-order valence-electron chi connectivity index (χ2n) is 5.08. The van der Waals surface area contributed by atoms with Gasteiger partial charge in [0, 0.05) is 10.6 Å². The summed E-state index contributed by atoms with van der Waals surface area (Å²) < 4.78 is 5.59. The third-order valence-corrected chi connectivity index (χ3v) is 4.02. The molecule has 1 aliphatic heterocycles. The predicted octanol–water partition coefficient (Wildman–Crippen LogP) is 4.00. The van der Waals surface area contributed by atoms with Crippen molar-refractivity contribution < 1.29 is 9.53 Å². The molecule has 1 aliphatic rings. The zero-order chi connectivity index (χ0) is 17.1. The van der Waals surface area contributed by atoms with Crippen LogP contribution >= 0.6 is 23.8 Å². The van der Waals surface area contributed by atoms with Crippen molar-refractivity contribution in [2.75, 3.05) is 11.5 Å². The van der Waals surface area contributed by atoms with Crippen molar-refractivity contribution in [1.82, 2.24) is 5.32 Å². The summed E-state index contributed by atoms with van der Waals surface area (Å²) in [6.07, 6.45) is 1.75. The Labute approximate surface area is 150 Å². The number of hydrogen-bond acceptors (Lipinski definition) is 3. The molecule has 1 fully saturated rings. The summed E-state index contributed by atoms with van der Waals surface area (Å²) in [5.74, 6) is 0.506. The van der Waals surface area contributed by atoms with Crippen LogP contribution in [0.3, 0.4) is 0 Å². The van der Waals surface area contributed by atoms with E-state index in [9.17, 15) is 4.79 Å². The Bertz CT molecular complexity index is 818. The maximum atomic E-state index is 12.7. The molecule has 122 valence electrons. The molecule has 1 amide bonds. The second kappa shape index (κ2) is 7.03. The molecule has 0 aromatic heterocycles. The molecule has 24 heavy (non-hydrogen) atoms. The number of para-hydroxylation sites is 1. The van der Waals surface area contributed by atoms with Gasteiger partial charge in [0.1, 0.15) is 11.4 Å². The SMILES string of the molecule is CCOc1ccccc1/C=C1/NC(=S)N(c2ccc(Cl)cc2)C1=O. The van der Waals surface area contributed by atoms with Gasteiger partial charge in [-0.25, -0.2) is 0 Å². The number of ether oxygens (including phenoxy) is 1. The number of thiocarbonyl (C=S) groups is 1. The van der Waals surface area contributed by atoms with E-state index >= 15 is 0 Å². The number of hydrogen-bond donors (Lipinski definition) is 1. The summed E-state index contributed by atoms with van der Waals surface area (Å²) >= 11 is 11.2. The molecule has 3 rings (SSSR count). The molecule has 1 N–H and O–H groups in total. The summed E-state index contributed by atoms with van der Waals surface area (Å²) in [5, 5.41) is 3.90. The lowest BCUT2D eigenvalue weighted by Gasteiger charge is -2.13. The molecule has 4 nitrogen and oxygen atoms in total. The van der Waals surface area contributed by atoms with Gasteiger partial charge in [0.15, 0.2) is 5.11 Å². The van der Waals surface area contributed by atoms with Crippen LogP contribution in [0.2, 0.25) is 5.02 Å². The maximum absolute atomic E-state index is 12.7. The van der Waals surface area contributed by atoms with Crippen LogP contribution in [0, 0.1) is 0 Å². The van der Waals surface area contributed by atoms with Gasteiger partial charge in [-0.2, -0.15) is 0 Å². The molecule has 0 unspecified atom stereocenters. The number of rotatable bonds is 4. The number of carbonyl (C=O) groups is 1. The Morgan fingerprint density at radius 3 is 2.62 bits per heavy atom. The average molecular weight is 359 g/mol. The van der Waals surface area contributed by atoms with E-state index in [1.165, 1.54) is 4.90 Å². The van der Waals surface area contributed by atoms with Gasteiger partial charge in [-0.05, 0) is 55.5 Å². The van der Waals surface area contributed by atoms with Gasteiger partial charge in [-0.15, -0.1) is 0 Å².